The normalized spacial score (nSPS) is 23.2. The highest BCUT2D eigenvalue weighted by molar-refractivity contribution is 7.80. The van der Waals surface area contributed by atoms with Crippen LogP contribution in [0.3, 0.4) is 0 Å². The third-order valence-corrected chi connectivity index (χ3v) is 5.87. The van der Waals surface area contributed by atoms with Gasteiger partial charge in [-0.25, -0.2) is 4.79 Å². The molecule has 0 bridgehead atoms. The standard InChI is InChI=1S/C21H27N5O5S/c1-13-12-26(21(29)24-19(13)28)18-10-16(27)17(31-18)11-22-20(32)23-14-2-4-15(5-3-14)25-6-8-30-9-7-25/h2-5,12,16-18,27H,6-11H2,1H3,(H2,22,23,32)(H,24,28,29)/t16-,17+,18-/m0/s1. The zero-order valence-electron chi connectivity index (χ0n) is 17.7. The highest BCUT2D eigenvalue weighted by Crippen LogP contribution is 2.27. The van der Waals surface area contributed by atoms with Crippen LogP contribution in [0.2, 0.25) is 0 Å². The Kier molecular flexibility index (Phi) is 6.89. The van der Waals surface area contributed by atoms with E-state index in [-0.39, 0.29) is 13.0 Å². The molecule has 32 heavy (non-hydrogen) atoms. The van der Waals surface area contributed by atoms with E-state index in [1.807, 2.05) is 24.3 Å². The molecule has 3 atom stereocenters. The fourth-order valence-corrected chi connectivity index (χ4v) is 4.02. The van der Waals surface area contributed by atoms with Crippen molar-refractivity contribution in [2.45, 2.75) is 31.8 Å². The zero-order valence-corrected chi connectivity index (χ0v) is 18.6. The number of H-pyrrole nitrogens is 1. The Morgan fingerprint density at radius 2 is 1.97 bits per heavy atom. The van der Waals surface area contributed by atoms with Crippen LogP contribution in [-0.4, -0.2) is 64.8 Å². The van der Waals surface area contributed by atoms with Gasteiger partial charge in [-0.1, -0.05) is 0 Å². The molecule has 10 nitrogen and oxygen atoms in total. The first-order chi connectivity index (χ1) is 15.4. The molecule has 172 valence electrons. The second-order valence-corrected chi connectivity index (χ2v) is 8.30. The molecule has 0 aliphatic carbocycles. The summed E-state index contributed by atoms with van der Waals surface area (Å²) in [6.07, 6.45) is -0.305. The average molecular weight is 462 g/mol. The van der Waals surface area contributed by atoms with Crippen molar-refractivity contribution in [2.75, 3.05) is 43.1 Å². The quantitative estimate of drug-likeness (QED) is 0.467. The number of morpholine rings is 1. The number of aromatic amines is 1. The maximum Gasteiger partial charge on any atom is 0.330 e. The Morgan fingerprint density at radius 1 is 1.25 bits per heavy atom. The van der Waals surface area contributed by atoms with E-state index >= 15 is 0 Å². The molecule has 2 aliphatic rings. The Bertz CT molecular complexity index is 1060. The lowest BCUT2D eigenvalue weighted by Gasteiger charge is -2.29. The minimum atomic E-state index is -0.776. The summed E-state index contributed by atoms with van der Waals surface area (Å²) in [4.78, 5) is 28.2. The number of anilines is 2. The topological polar surface area (TPSA) is 121 Å². The fraction of sp³-hybridized carbons (Fsp3) is 0.476. The van der Waals surface area contributed by atoms with Gasteiger partial charge in [0, 0.05) is 49.2 Å². The van der Waals surface area contributed by atoms with E-state index in [4.69, 9.17) is 21.7 Å². The van der Waals surface area contributed by atoms with Gasteiger partial charge in [0.15, 0.2) is 5.11 Å². The number of ether oxygens (including phenoxy) is 2. The maximum absolute atomic E-state index is 12.1. The van der Waals surface area contributed by atoms with E-state index in [0.29, 0.717) is 10.7 Å². The lowest BCUT2D eigenvalue weighted by atomic mass is 10.2. The van der Waals surface area contributed by atoms with Crippen LogP contribution in [0, 0.1) is 6.92 Å². The van der Waals surface area contributed by atoms with Crippen molar-refractivity contribution >= 4 is 28.7 Å². The fourth-order valence-electron chi connectivity index (χ4n) is 3.82. The Hall–Kier alpha value is -2.73. The van der Waals surface area contributed by atoms with E-state index in [9.17, 15) is 14.7 Å². The van der Waals surface area contributed by atoms with Crippen LogP contribution in [0.25, 0.3) is 0 Å². The van der Waals surface area contributed by atoms with Gasteiger partial charge in [0.25, 0.3) is 5.56 Å². The van der Waals surface area contributed by atoms with Gasteiger partial charge in [-0.2, -0.15) is 0 Å². The van der Waals surface area contributed by atoms with Crippen molar-refractivity contribution in [3.63, 3.8) is 0 Å². The largest absolute Gasteiger partial charge is 0.390 e. The minimum absolute atomic E-state index is 0.237. The molecule has 2 fully saturated rings. The summed E-state index contributed by atoms with van der Waals surface area (Å²) in [5, 5.41) is 16.9. The number of nitrogens with one attached hydrogen (secondary N) is 3. The van der Waals surface area contributed by atoms with Crippen molar-refractivity contribution in [2.24, 2.45) is 0 Å². The van der Waals surface area contributed by atoms with E-state index < -0.39 is 29.7 Å². The van der Waals surface area contributed by atoms with Crippen LogP contribution < -0.4 is 26.8 Å². The molecule has 11 heteroatoms. The van der Waals surface area contributed by atoms with E-state index in [1.54, 1.807) is 6.92 Å². The van der Waals surface area contributed by atoms with Gasteiger partial charge >= 0.3 is 5.69 Å². The van der Waals surface area contributed by atoms with E-state index in [1.165, 1.54) is 10.8 Å². The third-order valence-electron chi connectivity index (χ3n) is 5.63. The van der Waals surface area contributed by atoms with E-state index in [2.05, 4.69) is 20.5 Å². The smallest absolute Gasteiger partial charge is 0.330 e. The molecule has 0 unspecified atom stereocenters. The number of thiocarbonyl (C=S) groups is 1. The predicted molar refractivity (Wildman–Crippen MR) is 124 cm³/mol. The Labute approximate surface area is 190 Å². The second-order valence-electron chi connectivity index (χ2n) is 7.89. The van der Waals surface area contributed by atoms with Gasteiger partial charge in [0.2, 0.25) is 0 Å². The molecule has 1 aromatic heterocycles. The lowest BCUT2D eigenvalue weighted by Crippen LogP contribution is -2.39. The summed E-state index contributed by atoms with van der Waals surface area (Å²) < 4.78 is 12.5. The van der Waals surface area contributed by atoms with Gasteiger partial charge in [-0.05, 0) is 43.4 Å². The molecule has 0 saturated carbocycles. The molecule has 4 rings (SSSR count). The highest BCUT2D eigenvalue weighted by atomic mass is 32.1. The molecule has 3 heterocycles. The lowest BCUT2D eigenvalue weighted by molar-refractivity contribution is -0.0172. The number of aromatic nitrogens is 2. The molecule has 2 saturated heterocycles. The first-order valence-electron chi connectivity index (χ1n) is 10.5. The summed E-state index contributed by atoms with van der Waals surface area (Å²) in [6.45, 7) is 5.11. The number of hydrogen-bond acceptors (Lipinski definition) is 7. The third kappa shape index (κ3) is 5.18. The average Bonchev–Trinajstić information content (AvgIpc) is 3.16. The van der Waals surface area contributed by atoms with Gasteiger partial charge in [-0.15, -0.1) is 0 Å². The Balaban J connectivity index is 1.29. The molecule has 2 aliphatic heterocycles. The SMILES string of the molecule is Cc1cn([C@@H]2C[C@H](O)[C@@H](CNC(=S)Nc3ccc(N4CCOCC4)cc3)O2)c(=O)[nH]c1=O. The maximum atomic E-state index is 12.1. The molecular formula is C21H27N5O5S. The van der Waals surface area contributed by atoms with Gasteiger partial charge in [0.05, 0.1) is 19.3 Å². The van der Waals surface area contributed by atoms with Crippen LogP contribution in [0.15, 0.2) is 40.1 Å². The van der Waals surface area contributed by atoms with Crippen molar-refractivity contribution in [1.82, 2.24) is 14.9 Å². The highest BCUT2D eigenvalue weighted by Gasteiger charge is 2.35. The summed E-state index contributed by atoms with van der Waals surface area (Å²) in [5.74, 6) is 0. The minimum Gasteiger partial charge on any atom is -0.390 e. The van der Waals surface area contributed by atoms with Crippen LogP contribution in [0.4, 0.5) is 11.4 Å². The molecule has 1 aromatic carbocycles. The molecule has 0 amide bonds. The monoisotopic (exact) mass is 461 g/mol. The number of aliphatic hydroxyl groups is 1. The van der Waals surface area contributed by atoms with Crippen LogP contribution in [-0.2, 0) is 9.47 Å². The summed E-state index contributed by atoms with van der Waals surface area (Å²) in [5.41, 5.74) is 1.38. The number of aliphatic hydroxyl groups excluding tert-OH is 1. The molecule has 2 aromatic rings. The number of hydrogen-bond donors (Lipinski definition) is 4. The van der Waals surface area contributed by atoms with Crippen molar-refractivity contribution in [3.8, 4) is 0 Å². The molecular weight excluding hydrogens is 434 g/mol. The van der Waals surface area contributed by atoms with Crippen LogP contribution in [0.1, 0.15) is 18.2 Å². The van der Waals surface area contributed by atoms with Crippen LogP contribution >= 0.6 is 12.2 Å². The van der Waals surface area contributed by atoms with Crippen molar-refractivity contribution < 1.29 is 14.6 Å². The number of aryl methyl sites for hydroxylation is 1. The number of rotatable bonds is 5. The first kappa shape index (κ1) is 22.5. The van der Waals surface area contributed by atoms with Crippen molar-refractivity contribution in [3.05, 3.63) is 56.9 Å². The van der Waals surface area contributed by atoms with E-state index in [0.717, 1.165) is 37.7 Å². The summed E-state index contributed by atoms with van der Waals surface area (Å²) in [7, 11) is 0. The van der Waals surface area contributed by atoms with Gasteiger partial charge < -0.3 is 30.1 Å². The number of nitrogens with zero attached hydrogens (tertiary/aromatic N) is 2. The van der Waals surface area contributed by atoms with Crippen LogP contribution in [0.5, 0.6) is 0 Å². The second kappa shape index (κ2) is 9.82. The summed E-state index contributed by atoms with van der Waals surface area (Å²) in [6, 6.07) is 7.99. The summed E-state index contributed by atoms with van der Waals surface area (Å²) >= 11 is 5.36. The number of benzene rings is 1. The van der Waals surface area contributed by atoms with Gasteiger partial charge in [0.1, 0.15) is 12.3 Å². The predicted octanol–water partition coefficient (Wildman–Crippen LogP) is 0.317. The molecule has 4 N–H and O–H groups in total. The first-order valence-corrected chi connectivity index (χ1v) is 10.9. The van der Waals surface area contributed by atoms with Crippen molar-refractivity contribution in [1.29, 1.82) is 0 Å². The zero-order chi connectivity index (χ0) is 22.7. The molecule has 0 spiro atoms. The van der Waals surface area contributed by atoms with Gasteiger partial charge in [-0.3, -0.25) is 14.3 Å². The Morgan fingerprint density at radius 3 is 2.69 bits per heavy atom. The molecule has 0 radical (unpaired) electrons.